The molecule has 3 N–H and O–H groups in total. The van der Waals surface area contributed by atoms with Gasteiger partial charge < -0.3 is 20.3 Å². The van der Waals surface area contributed by atoms with Crippen LogP contribution in [0.1, 0.15) is 15.9 Å². The molecule has 0 radical (unpaired) electrons. The monoisotopic (exact) mass is 239 g/mol. The lowest BCUT2D eigenvalue weighted by molar-refractivity contribution is 0.0879. The second-order valence-corrected chi connectivity index (χ2v) is 3.72. The van der Waals surface area contributed by atoms with Crippen molar-refractivity contribution in [2.75, 3.05) is 20.3 Å². The molecule has 0 unspecified atom stereocenters. The summed E-state index contributed by atoms with van der Waals surface area (Å²) in [7, 11) is 1.54. The summed E-state index contributed by atoms with van der Waals surface area (Å²) in [5.74, 6) is 0.276. The first-order chi connectivity index (χ1) is 8.12. The lowest BCUT2D eigenvalue weighted by Gasteiger charge is -2.14. The van der Waals surface area contributed by atoms with E-state index >= 15 is 0 Å². The first-order valence-corrected chi connectivity index (χ1v) is 5.29. The van der Waals surface area contributed by atoms with Crippen LogP contribution in [0.4, 0.5) is 0 Å². The number of hydrogen-bond acceptors (Lipinski definition) is 4. The number of aliphatic hydroxyl groups is 2. The highest BCUT2D eigenvalue weighted by molar-refractivity contribution is 5.94. The van der Waals surface area contributed by atoms with E-state index in [9.17, 15) is 4.79 Å². The Morgan fingerprint density at radius 3 is 2.59 bits per heavy atom. The zero-order valence-corrected chi connectivity index (χ0v) is 9.93. The molecule has 0 atom stereocenters. The number of hydrogen-bond donors (Lipinski definition) is 3. The molecular weight excluding hydrogens is 222 g/mol. The van der Waals surface area contributed by atoms with Gasteiger partial charge in [-0.15, -0.1) is 0 Å². The molecule has 1 amide bonds. The molecule has 0 saturated heterocycles. The van der Waals surface area contributed by atoms with Gasteiger partial charge in [-0.05, 0) is 24.6 Å². The topological polar surface area (TPSA) is 78.8 Å². The van der Waals surface area contributed by atoms with E-state index in [1.54, 1.807) is 18.2 Å². The highest BCUT2D eigenvalue weighted by atomic mass is 16.5. The summed E-state index contributed by atoms with van der Waals surface area (Å²) < 4.78 is 5.11. The van der Waals surface area contributed by atoms with Gasteiger partial charge in [-0.2, -0.15) is 0 Å². The molecule has 5 heteroatoms. The molecule has 0 aliphatic carbocycles. The van der Waals surface area contributed by atoms with Crippen LogP contribution in [-0.2, 0) is 0 Å². The van der Waals surface area contributed by atoms with E-state index in [1.807, 2.05) is 6.92 Å². The van der Waals surface area contributed by atoms with E-state index < -0.39 is 6.04 Å². The van der Waals surface area contributed by atoms with Crippen LogP contribution >= 0.6 is 0 Å². The number of methoxy groups -OCH3 is 1. The van der Waals surface area contributed by atoms with Crippen LogP contribution in [0.5, 0.6) is 5.75 Å². The number of benzene rings is 1. The first kappa shape index (κ1) is 13.5. The van der Waals surface area contributed by atoms with Gasteiger partial charge in [0.1, 0.15) is 5.75 Å². The molecule has 0 bridgehead atoms. The Bertz CT molecular complexity index is 388. The standard InChI is InChI=1S/C12H17NO4/c1-8-3-4-9(5-11(8)17-2)12(16)13-10(6-14)7-15/h3-5,10,14-15H,6-7H2,1-2H3,(H,13,16). The average Bonchev–Trinajstić information content (AvgIpc) is 2.36. The van der Waals surface area contributed by atoms with Gasteiger partial charge in [-0.3, -0.25) is 4.79 Å². The van der Waals surface area contributed by atoms with Gasteiger partial charge in [0.2, 0.25) is 0 Å². The lowest BCUT2D eigenvalue weighted by Crippen LogP contribution is -2.40. The van der Waals surface area contributed by atoms with Crippen molar-refractivity contribution in [3.05, 3.63) is 29.3 Å². The predicted molar refractivity (Wildman–Crippen MR) is 63.2 cm³/mol. The van der Waals surface area contributed by atoms with Gasteiger partial charge >= 0.3 is 0 Å². The summed E-state index contributed by atoms with van der Waals surface area (Å²) in [6, 6.07) is 4.42. The highest BCUT2D eigenvalue weighted by Gasteiger charge is 2.13. The number of carbonyl (C=O) groups excluding carboxylic acids is 1. The molecule has 0 aromatic heterocycles. The number of aliphatic hydroxyl groups excluding tert-OH is 2. The fourth-order valence-electron chi connectivity index (χ4n) is 1.38. The van der Waals surface area contributed by atoms with E-state index in [0.29, 0.717) is 11.3 Å². The van der Waals surface area contributed by atoms with Crippen LogP contribution in [0.15, 0.2) is 18.2 Å². The zero-order chi connectivity index (χ0) is 12.8. The number of carbonyl (C=O) groups is 1. The molecule has 17 heavy (non-hydrogen) atoms. The molecule has 0 fully saturated rings. The van der Waals surface area contributed by atoms with Crippen LogP contribution in [0.2, 0.25) is 0 Å². The van der Waals surface area contributed by atoms with Crippen molar-refractivity contribution in [1.29, 1.82) is 0 Å². The van der Waals surface area contributed by atoms with Gasteiger partial charge in [0.25, 0.3) is 5.91 Å². The summed E-state index contributed by atoms with van der Waals surface area (Å²) >= 11 is 0. The Balaban J connectivity index is 2.82. The minimum atomic E-state index is -0.644. The van der Waals surface area contributed by atoms with E-state index in [1.165, 1.54) is 7.11 Å². The molecule has 0 aliphatic heterocycles. The average molecular weight is 239 g/mol. The summed E-state index contributed by atoms with van der Waals surface area (Å²) in [4.78, 5) is 11.8. The molecule has 1 aromatic rings. The first-order valence-electron chi connectivity index (χ1n) is 5.29. The fraction of sp³-hybridized carbons (Fsp3) is 0.417. The van der Waals surface area contributed by atoms with Crippen LogP contribution < -0.4 is 10.1 Å². The van der Waals surface area contributed by atoms with Gasteiger partial charge in [0.05, 0.1) is 26.4 Å². The number of nitrogens with one attached hydrogen (secondary N) is 1. The number of aryl methyl sites for hydroxylation is 1. The van der Waals surface area contributed by atoms with E-state index in [-0.39, 0.29) is 19.1 Å². The molecular formula is C12H17NO4. The van der Waals surface area contributed by atoms with Crippen molar-refractivity contribution >= 4 is 5.91 Å². The molecule has 0 spiro atoms. The van der Waals surface area contributed by atoms with Crippen molar-refractivity contribution in [2.45, 2.75) is 13.0 Å². The maximum atomic E-state index is 11.8. The summed E-state index contributed by atoms with van der Waals surface area (Å²) in [6.07, 6.45) is 0. The summed E-state index contributed by atoms with van der Waals surface area (Å²) in [6.45, 7) is 1.28. The van der Waals surface area contributed by atoms with Crippen LogP contribution in [0, 0.1) is 6.92 Å². The Morgan fingerprint density at radius 2 is 2.06 bits per heavy atom. The third kappa shape index (κ3) is 3.44. The highest BCUT2D eigenvalue weighted by Crippen LogP contribution is 2.18. The van der Waals surface area contributed by atoms with Gasteiger partial charge in [-0.1, -0.05) is 6.07 Å². The van der Waals surface area contributed by atoms with Crippen molar-refractivity contribution in [3.8, 4) is 5.75 Å². The van der Waals surface area contributed by atoms with Crippen molar-refractivity contribution < 1.29 is 19.7 Å². The molecule has 0 saturated carbocycles. The summed E-state index contributed by atoms with van der Waals surface area (Å²) in [5, 5.41) is 20.2. The zero-order valence-electron chi connectivity index (χ0n) is 9.93. The van der Waals surface area contributed by atoms with Crippen LogP contribution in [0.3, 0.4) is 0 Å². The normalized spacial score (nSPS) is 10.4. The Kier molecular flexibility index (Phi) is 4.93. The van der Waals surface area contributed by atoms with Gasteiger partial charge in [0.15, 0.2) is 0 Å². The molecule has 1 rings (SSSR count). The van der Waals surface area contributed by atoms with Crippen LogP contribution in [-0.4, -0.2) is 42.5 Å². The predicted octanol–water partition coefficient (Wildman–Crippen LogP) is 0.0866. The number of amides is 1. The van der Waals surface area contributed by atoms with Gasteiger partial charge in [0, 0.05) is 5.56 Å². The second-order valence-electron chi connectivity index (χ2n) is 3.72. The molecule has 1 aromatic carbocycles. The van der Waals surface area contributed by atoms with E-state index in [4.69, 9.17) is 14.9 Å². The van der Waals surface area contributed by atoms with Crippen molar-refractivity contribution in [3.63, 3.8) is 0 Å². The van der Waals surface area contributed by atoms with Crippen LogP contribution in [0.25, 0.3) is 0 Å². The maximum Gasteiger partial charge on any atom is 0.251 e. The fourth-order valence-corrected chi connectivity index (χ4v) is 1.38. The lowest BCUT2D eigenvalue weighted by atomic mass is 10.1. The van der Waals surface area contributed by atoms with Gasteiger partial charge in [-0.25, -0.2) is 0 Å². The smallest absolute Gasteiger partial charge is 0.251 e. The quantitative estimate of drug-likeness (QED) is 0.680. The largest absolute Gasteiger partial charge is 0.496 e. The Labute approximate surface area is 100 Å². The Hall–Kier alpha value is -1.59. The van der Waals surface area contributed by atoms with Crippen molar-refractivity contribution in [1.82, 2.24) is 5.32 Å². The SMILES string of the molecule is COc1cc(C(=O)NC(CO)CO)ccc1C. The second kappa shape index (κ2) is 6.22. The Morgan fingerprint density at radius 1 is 1.41 bits per heavy atom. The molecule has 5 nitrogen and oxygen atoms in total. The number of ether oxygens (including phenoxy) is 1. The summed E-state index contributed by atoms with van der Waals surface area (Å²) in [5.41, 5.74) is 1.37. The minimum absolute atomic E-state index is 0.300. The molecule has 94 valence electrons. The van der Waals surface area contributed by atoms with E-state index in [2.05, 4.69) is 5.32 Å². The molecule has 0 aliphatic rings. The molecule has 0 heterocycles. The van der Waals surface area contributed by atoms with Crippen molar-refractivity contribution in [2.24, 2.45) is 0 Å². The minimum Gasteiger partial charge on any atom is -0.496 e. The third-order valence-corrected chi connectivity index (χ3v) is 2.45. The third-order valence-electron chi connectivity index (χ3n) is 2.45. The number of rotatable bonds is 5. The maximum absolute atomic E-state index is 11.8. The van der Waals surface area contributed by atoms with E-state index in [0.717, 1.165) is 5.56 Å².